The SMILES string of the molecule is CCOc1ccc(N=C[C@@H]2C(=O)NC(=O)N(c3ccc(I)cc3)C2=O)cc1. The van der Waals surface area contributed by atoms with Crippen LogP contribution in [0.1, 0.15) is 6.92 Å². The fourth-order valence-electron chi connectivity index (χ4n) is 2.51. The van der Waals surface area contributed by atoms with E-state index in [2.05, 4.69) is 32.9 Å². The smallest absolute Gasteiger partial charge is 0.335 e. The number of benzene rings is 2. The van der Waals surface area contributed by atoms with E-state index in [0.29, 0.717) is 23.7 Å². The first-order valence-corrected chi connectivity index (χ1v) is 9.29. The van der Waals surface area contributed by atoms with Crippen molar-refractivity contribution < 1.29 is 19.1 Å². The highest BCUT2D eigenvalue weighted by Crippen LogP contribution is 2.22. The number of aliphatic imine (C=N–C) groups is 1. The molecule has 8 heteroatoms. The third-order valence-corrected chi connectivity index (χ3v) is 4.53. The zero-order valence-corrected chi connectivity index (χ0v) is 16.5. The van der Waals surface area contributed by atoms with Gasteiger partial charge in [-0.05, 0) is 78.0 Å². The molecule has 2 aromatic carbocycles. The molecule has 4 amide bonds. The van der Waals surface area contributed by atoms with Crippen LogP contribution < -0.4 is 15.0 Å². The molecule has 1 fully saturated rings. The Bertz CT molecular complexity index is 894. The van der Waals surface area contributed by atoms with E-state index >= 15 is 0 Å². The van der Waals surface area contributed by atoms with Crippen LogP contribution >= 0.6 is 22.6 Å². The largest absolute Gasteiger partial charge is 0.494 e. The van der Waals surface area contributed by atoms with Crippen molar-refractivity contribution in [1.82, 2.24) is 5.32 Å². The number of anilines is 1. The number of halogens is 1. The highest BCUT2D eigenvalue weighted by molar-refractivity contribution is 14.1. The fourth-order valence-corrected chi connectivity index (χ4v) is 2.87. The van der Waals surface area contributed by atoms with E-state index in [4.69, 9.17) is 4.74 Å². The lowest BCUT2D eigenvalue weighted by Crippen LogP contribution is -2.58. The van der Waals surface area contributed by atoms with E-state index in [1.54, 1.807) is 48.5 Å². The van der Waals surface area contributed by atoms with Crippen LogP contribution in [0.2, 0.25) is 0 Å². The maximum atomic E-state index is 12.7. The number of urea groups is 1. The average molecular weight is 477 g/mol. The molecule has 1 aliphatic rings. The van der Waals surface area contributed by atoms with Crippen LogP contribution in [-0.4, -0.2) is 30.7 Å². The number of amides is 4. The van der Waals surface area contributed by atoms with Gasteiger partial charge < -0.3 is 4.74 Å². The number of nitrogens with one attached hydrogen (secondary N) is 1. The van der Waals surface area contributed by atoms with Gasteiger partial charge in [-0.3, -0.25) is 19.9 Å². The quantitative estimate of drug-likeness (QED) is 0.407. The summed E-state index contributed by atoms with van der Waals surface area (Å²) >= 11 is 2.12. The average Bonchev–Trinajstić information content (AvgIpc) is 2.64. The number of ether oxygens (including phenoxy) is 1. The molecule has 1 aliphatic heterocycles. The molecular weight excluding hydrogens is 461 g/mol. The number of imide groups is 2. The summed E-state index contributed by atoms with van der Waals surface area (Å²) in [5, 5.41) is 2.20. The first kappa shape index (κ1) is 19.0. The summed E-state index contributed by atoms with van der Waals surface area (Å²) in [5.74, 6) is -1.81. The molecule has 27 heavy (non-hydrogen) atoms. The molecule has 1 N–H and O–H groups in total. The second-order valence-corrected chi connectivity index (χ2v) is 6.87. The van der Waals surface area contributed by atoms with Gasteiger partial charge in [0, 0.05) is 9.78 Å². The van der Waals surface area contributed by atoms with Crippen LogP contribution in [0.5, 0.6) is 5.75 Å². The molecule has 0 saturated carbocycles. The third-order valence-electron chi connectivity index (χ3n) is 3.81. The fraction of sp³-hybridized carbons (Fsp3) is 0.158. The number of barbiturate groups is 1. The van der Waals surface area contributed by atoms with Gasteiger partial charge >= 0.3 is 6.03 Å². The van der Waals surface area contributed by atoms with Crippen molar-refractivity contribution in [2.75, 3.05) is 11.5 Å². The van der Waals surface area contributed by atoms with Gasteiger partial charge in [0.1, 0.15) is 5.75 Å². The topological polar surface area (TPSA) is 88.1 Å². The normalized spacial score (nSPS) is 17.3. The van der Waals surface area contributed by atoms with Crippen molar-refractivity contribution in [2.24, 2.45) is 10.9 Å². The van der Waals surface area contributed by atoms with E-state index in [9.17, 15) is 14.4 Å². The number of carbonyl (C=O) groups is 3. The molecular formula is C19H16IN3O4. The second-order valence-electron chi connectivity index (χ2n) is 5.63. The Morgan fingerprint density at radius 2 is 1.78 bits per heavy atom. The summed E-state index contributed by atoms with van der Waals surface area (Å²) in [7, 11) is 0. The van der Waals surface area contributed by atoms with E-state index < -0.39 is 23.8 Å². The number of carbonyl (C=O) groups excluding carboxylic acids is 3. The van der Waals surface area contributed by atoms with Crippen molar-refractivity contribution in [3.63, 3.8) is 0 Å². The van der Waals surface area contributed by atoms with Gasteiger partial charge in [-0.25, -0.2) is 9.69 Å². The third kappa shape index (κ3) is 4.33. The van der Waals surface area contributed by atoms with Crippen LogP contribution in [0.3, 0.4) is 0 Å². The molecule has 0 bridgehead atoms. The Hall–Kier alpha value is -2.75. The monoisotopic (exact) mass is 477 g/mol. The van der Waals surface area contributed by atoms with Crippen molar-refractivity contribution in [2.45, 2.75) is 6.92 Å². The predicted molar refractivity (Wildman–Crippen MR) is 109 cm³/mol. The van der Waals surface area contributed by atoms with Gasteiger partial charge in [0.15, 0.2) is 5.92 Å². The summed E-state index contributed by atoms with van der Waals surface area (Å²) < 4.78 is 6.32. The van der Waals surface area contributed by atoms with Gasteiger partial charge in [-0.15, -0.1) is 0 Å². The van der Waals surface area contributed by atoms with E-state index in [1.165, 1.54) is 6.21 Å². The van der Waals surface area contributed by atoms with Crippen LogP contribution in [0.15, 0.2) is 53.5 Å². The Kier molecular flexibility index (Phi) is 5.84. The lowest BCUT2D eigenvalue weighted by molar-refractivity contribution is -0.131. The zero-order valence-electron chi connectivity index (χ0n) is 14.4. The van der Waals surface area contributed by atoms with Gasteiger partial charge in [0.05, 0.1) is 18.0 Å². The molecule has 0 spiro atoms. The summed E-state index contributed by atoms with van der Waals surface area (Å²) in [6, 6.07) is 13.0. The minimum atomic E-state index is -1.19. The Labute approximate surface area is 169 Å². The predicted octanol–water partition coefficient (Wildman–Crippen LogP) is 3.29. The van der Waals surface area contributed by atoms with Gasteiger partial charge in [-0.1, -0.05) is 0 Å². The first-order chi connectivity index (χ1) is 13.0. The molecule has 0 unspecified atom stereocenters. The molecule has 1 atom stereocenters. The van der Waals surface area contributed by atoms with Gasteiger partial charge in [0.25, 0.3) is 5.91 Å². The Morgan fingerprint density at radius 1 is 1.11 bits per heavy atom. The molecule has 1 heterocycles. The van der Waals surface area contributed by atoms with E-state index in [-0.39, 0.29) is 0 Å². The molecule has 7 nitrogen and oxygen atoms in total. The number of hydrogen-bond acceptors (Lipinski definition) is 5. The molecule has 2 aromatic rings. The molecule has 0 aliphatic carbocycles. The standard InChI is InChI=1S/C19H16IN3O4/c1-2-27-15-9-5-13(6-10-15)21-11-16-17(24)22-19(26)23(18(16)25)14-7-3-12(20)4-8-14/h3-11,16H,2H2,1H3,(H,22,24,26)/t16-/m1/s1. The van der Waals surface area contributed by atoms with Crippen LogP contribution in [0.25, 0.3) is 0 Å². The molecule has 3 rings (SSSR count). The lowest BCUT2D eigenvalue weighted by atomic mass is 10.1. The van der Waals surface area contributed by atoms with E-state index in [0.717, 1.165) is 8.47 Å². The highest BCUT2D eigenvalue weighted by Gasteiger charge is 2.40. The van der Waals surface area contributed by atoms with Crippen molar-refractivity contribution >= 4 is 58.0 Å². The van der Waals surface area contributed by atoms with Gasteiger partial charge in [0.2, 0.25) is 5.91 Å². The summed E-state index contributed by atoms with van der Waals surface area (Å²) in [6.45, 7) is 2.45. The van der Waals surface area contributed by atoms with Crippen LogP contribution in [-0.2, 0) is 9.59 Å². The molecule has 1 saturated heterocycles. The highest BCUT2D eigenvalue weighted by atomic mass is 127. The van der Waals surface area contributed by atoms with E-state index in [1.807, 2.05) is 6.92 Å². The molecule has 0 radical (unpaired) electrons. The van der Waals surface area contributed by atoms with Crippen molar-refractivity contribution in [1.29, 1.82) is 0 Å². The number of hydrogen-bond donors (Lipinski definition) is 1. The molecule has 138 valence electrons. The lowest BCUT2D eigenvalue weighted by Gasteiger charge is -2.28. The second kappa shape index (κ2) is 8.30. The number of nitrogens with zero attached hydrogens (tertiary/aromatic N) is 2. The van der Waals surface area contributed by atoms with Crippen LogP contribution in [0, 0.1) is 9.49 Å². The Balaban J connectivity index is 1.81. The summed E-state index contributed by atoms with van der Waals surface area (Å²) in [5.41, 5.74) is 0.960. The minimum Gasteiger partial charge on any atom is -0.494 e. The molecule has 0 aromatic heterocycles. The maximum Gasteiger partial charge on any atom is 0.335 e. The van der Waals surface area contributed by atoms with Crippen molar-refractivity contribution in [3.05, 3.63) is 52.1 Å². The van der Waals surface area contributed by atoms with Crippen molar-refractivity contribution in [3.8, 4) is 5.75 Å². The van der Waals surface area contributed by atoms with Gasteiger partial charge in [-0.2, -0.15) is 0 Å². The summed E-state index contributed by atoms with van der Waals surface area (Å²) in [6.07, 6.45) is 1.25. The Morgan fingerprint density at radius 3 is 2.41 bits per heavy atom. The maximum absolute atomic E-state index is 12.7. The minimum absolute atomic E-state index is 0.393. The van der Waals surface area contributed by atoms with Crippen LogP contribution in [0.4, 0.5) is 16.2 Å². The number of rotatable bonds is 5. The zero-order chi connectivity index (χ0) is 19.4. The first-order valence-electron chi connectivity index (χ1n) is 8.21. The summed E-state index contributed by atoms with van der Waals surface area (Å²) in [4.78, 5) is 42.1.